The smallest absolute Gasteiger partial charge is 0.222 e. The molecule has 0 spiro atoms. The van der Waals surface area contributed by atoms with Crippen molar-refractivity contribution < 1.29 is 4.74 Å². The summed E-state index contributed by atoms with van der Waals surface area (Å²) in [5.74, 6) is 1.08. The second-order valence-electron chi connectivity index (χ2n) is 5.11. The molecule has 2 atom stereocenters. The summed E-state index contributed by atoms with van der Waals surface area (Å²) in [6, 6.07) is 3.87. The van der Waals surface area contributed by atoms with Gasteiger partial charge in [-0.05, 0) is 31.9 Å². The molecule has 0 amide bonds. The van der Waals surface area contributed by atoms with Crippen molar-refractivity contribution in [3.05, 3.63) is 35.9 Å². The molecule has 0 aliphatic carbocycles. The molecule has 2 aromatic heterocycles. The SMILES string of the molecule is Cc1ccnc(NC[C@@H]2CCCO[C@H]2c2ccn[nH]2)n1. The predicted octanol–water partition coefficient (Wildman–Crippen LogP) is 2.09. The highest BCUT2D eigenvalue weighted by molar-refractivity contribution is 5.25. The van der Waals surface area contributed by atoms with Gasteiger partial charge in [0.25, 0.3) is 0 Å². The zero-order valence-corrected chi connectivity index (χ0v) is 11.5. The van der Waals surface area contributed by atoms with Gasteiger partial charge in [0.05, 0.1) is 5.69 Å². The highest BCUT2D eigenvalue weighted by atomic mass is 16.5. The Balaban J connectivity index is 1.65. The lowest BCUT2D eigenvalue weighted by molar-refractivity contribution is -0.0264. The van der Waals surface area contributed by atoms with Gasteiger partial charge in [0, 0.05) is 37.2 Å². The van der Waals surface area contributed by atoms with Crippen molar-refractivity contribution in [1.29, 1.82) is 0 Å². The van der Waals surface area contributed by atoms with Crippen molar-refractivity contribution in [3.8, 4) is 0 Å². The van der Waals surface area contributed by atoms with Crippen LogP contribution in [-0.2, 0) is 4.74 Å². The molecule has 1 fully saturated rings. The second-order valence-corrected chi connectivity index (χ2v) is 5.11. The summed E-state index contributed by atoms with van der Waals surface area (Å²) < 4.78 is 5.90. The van der Waals surface area contributed by atoms with E-state index >= 15 is 0 Å². The van der Waals surface area contributed by atoms with Gasteiger partial charge in [-0.25, -0.2) is 9.97 Å². The number of nitrogens with one attached hydrogen (secondary N) is 2. The Morgan fingerprint density at radius 2 is 2.35 bits per heavy atom. The highest BCUT2D eigenvalue weighted by Gasteiger charge is 2.28. The van der Waals surface area contributed by atoms with Gasteiger partial charge in [-0.1, -0.05) is 0 Å². The third-order valence-electron chi connectivity index (χ3n) is 3.59. The fraction of sp³-hybridized carbons (Fsp3) is 0.500. The Kier molecular flexibility index (Phi) is 3.92. The van der Waals surface area contributed by atoms with Crippen LogP contribution in [0.2, 0.25) is 0 Å². The number of anilines is 1. The quantitative estimate of drug-likeness (QED) is 0.892. The topological polar surface area (TPSA) is 75.7 Å². The Labute approximate surface area is 118 Å². The minimum absolute atomic E-state index is 0.0727. The average molecular weight is 273 g/mol. The van der Waals surface area contributed by atoms with Crippen LogP contribution in [0.5, 0.6) is 0 Å². The van der Waals surface area contributed by atoms with Gasteiger partial charge in [-0.15, -0.1) is 0 Å². The Morgan fingerprint density at radius 3 is 3.15 bits per heavy atom. The number of hydrogen-bond acceptors (Lipinski definition) is 5. The van der Waals surface area contributed by atoms with Gasteiger partial charge in [0.1, 0.15) is 6.10 Å². The van der Waals surface area contributed by atoms with Gasteiger partial charge in [0.2, 0.25) is 5.95 Å². The average Bonchev–Trinajstić information content (AvgIpc) is 3.00. The van der Waals surface area contributed by atoms with Crippen LogP contribution >= 0.6 is 0 Å². The van der Waals surface area contributed by atoms with Gasteiger partial charge >= 0.3 is 0 Å². The predicted molar refractivity (Wildman–Crippen MR) is 75.3 cm³/mol. The van der Waals surface area contributed by atoms with Crippen LogP contribution in [-0.4, -0.2) is 33.3 Å². The molecule has 3 rings (SSSR count). The number of aromatic amines is 1. The lowest BCUT2D eigenvalue weighted by Gasteiger charge is -2.31. The lowest BCUT2D eigenvalue weighted by atomic mass is 9.92. The number of hydrogen-bond donors (Lipinski definition) is 2. The minimum Gasteiger partial charge on any atom is -0.372 e. The van der Waals surface area contributed by atoms with E-state index in [9.17, 15) is 0 Å². The Hall–Kier alpha value is -1.95. The molecule has 0 unspecified atom stereocenters. The molecule has 1 saturated heterocycles. The van der Waals surface area contributed by atoms with Gasteiger partial charge in [0.15, 0.2) is 0 Å². The van der Waals surface area contributed by atoms with Crippen LogP contribution in [0.3, 0.4) is 0 Å². The monoisotopic (exact) mass is 273 g/mol. The third kappa shape index (κ3) is 2.96. The van der Waals surface area contributed by atoms with E-state index in [2.05, 4.69) is 25.5 Å². The number of rotatable bonds is 4. The van der Waals surface area contributed by atoms with Crippen molar-refractivity contribution in [2.75, 3.05) is 18.5 Å². The van der Waals surface area contributed by atoms with E-state index in [1.807, 2.05) is 19.1 Å². The fourth-order valence-electron chi connectivity index (χ4n) is 2.58. The van der Waals surface area contributed by atoms with Gasteiger partial charge in [-0.2, -0.15) is 5.10 Å². The molecular weight excluding hydrogens is 254 g/mol. The standard InChI is InChI=1S/C14H19N5O/c1-10-4-6-15-14(18-10)16-9-11-3-2-8-20-13(11)12-5-7-17-19-12/h4-7,11,13H,2-3,8-9H2,1H3,(H,17,19)(H,15,16,18)/t11-,13+/m0/s1. The summed E-state index contributed by atoms with van der Waals surface area (Å²) in [5.41, 5.74) is 2.01. The van der Waals surface area contributed by atoms with E-state index in [1.54, 1.807) is 12.4 Å². The number of nitrogens with zero attached hydrogens (tertiary/aromatic N) is 3. The number of H-pyrrole nitrogens is 1. The lowest BCUT2D eigenvalue weighted by Crippen LogP contribution is -2.29. The summed E-state index contributed by atoms with van der Waals surface area (Å²) in [7, 11) is 0. The fourth-order valence-corrected chi connectivity index (χ4v) is 2.58. The summed E-state index contributed by atoms with van der Waals surface area (Å²) in [5, 5.41) is 10.3. The molecule has 6 heteroatoms. The van der Waals surface area contributed by atoms with Crippen LogP contribution in [0.1, 0.15) is 30.3 Å². The summed E-state index contributed by atoms with van der Waals surface area (Å²) in [6.45, 7) is 3.57. The molecule has 1 aliphatic rings. The zero-order chi connectivity index (χ0) is 13.8. The first-order valence-corrected chi connectivity index (χ1v) is 6.97. The molecular formula is C14H19N5O. The summed E-state index contributed by atoms with van der Waals surface area (Å²) in [4.78, 5) is 8.59. The molecule has 6 nitrogen and oxygen atoms in total. The van der Waals surface area contributed by atoms with E-state index in [4.69, 9.17) is 4.74 Å². The second kappa shape index (κ2) is 6.00. The normalized spacial score (nSPS) is 22.6. The number of ether oxygens (including phenoxy) is 1. The van der Waals surface area contributed by atoms with E-state index in [0.29, 0.717) is 11.9 Å². The van der Waals surface area contributed by atoms with Crippen LogP contribution < -0.4 is 5.32 Å². The van der Waals surface area contributed by atoms with Crippen molar-refractivity contribution in [2.24, 2.45) is 5.92 Å². The Bertz CT molecular complexity index is 542. The molecule has 1 aliphatic heterocycles. The van der Waals surface area contributed by atoms with Crippen LogP contribution in [0.15, 0.2) is 24.5 Å². The maximum absolute atomic E-state index is 5.90. The van der Waals surface area contributed by atoms with E-state index in [-0.39, 0.29) is 6.10 Å². The molecule has 0 aromatic carbocycles. The van der Waals surface area contributed by atoms with Crippen molar-refractivity contribution in [2.45, 2.75) is 25.9 Å². The van der Waals surface area contributed by atoms with Gasteiger partial charge < -0.3 is 10.1 Å². The molecule has 20 heavy (non-hydrogen) atoms. The van der Waals surface area contributed by atoms with Crippen molar-refractivity contribution in [1.82, 2.24) is 20.2 Å². The Morgan fingerprint density at radius 1 is 1.40 bits per heavy atom. The van der Waals surface area contributed by atoms with Crippen molar-refractivity contribution in [3.63, 3.8) is 0 Å². The first-order valence-electron chi connectivity index (χ1n) is 6.97. The first kappa shape index (κ1) is 13.1. The molecule has 0 bridgehead atoms. The molecule has 106 valence electrons. The maximum Gasteiger partial charge on any atom is 0.222 e. The molecule has 3 heterocycles. The number of aryl methyl sites for hydroxylation is 1. The highest BCUT2D eigenvalue weighted by Crippen LogP contribution is 2.32. The van der Waals surface area contributed by atoms with E-state index < -0.39 is 0 Å². The van der Waals surface area contributed by atoms with Crippen LogP contribution in [0.4, 0.5) is 5.95 Å². The minimum atomic E-state index is 0.0727. The van der Waals surface area contributed by atoms with E-state index in [0.717, 1.165) is 37.4 Å². The summed E-state index contributed by atoms with van der Waals surface area (Å²) >= 11 is 0. The number of aromatic nitrogens is 4. The molecule has 0 saturated carbocycles. The summed E-state index contributed by atoms with van der Waals surface area (Å²) in [6.07, 6.45) is 5.83. The largest absolute Gasteiger partial charge is 0.372 e. The molecule has 2 aromatic rings. The van der Waals surface area contributed by atoms with Crippen LogP contribution in [0.25, 0.3) is 0 Å². The van der Waals surface area contributed by atoms with Crippen molar-refractivity contribution >= 4 is 5.95 Å². The molecule has 0 radical (unpaired) electrons. The first-order chi connectivity index (χ1) is 9.83. The zero-order valence-electron chi connectivity index (χ0n) is 11.5. The van der Waals surface area contributed by atoms with Gasteiger partial charge in [-0.3, -0.25) is 5.10 Å². The molecule has 2 N–H and O–H groups in total. The van der Waals surface area contributed by atoms with Crippen LogP contribution in [0, 0.1) is 12.8 Å². The maximum atomic E-state index is 5.90. The third-order valence-corrected chi connectivity index (χ3v) is 3.59. The van der Waals surface area contributed by atoms with E-state index in [1.165, 1.54) is 0 Å².